The summed E-state index contributed by atoms with van der Waals surface area (Å²) in [5.74, 6) is 0.988. The zero-order valence-electron chi connectivity index (χ0n) is 17.0. The predicted molar refractivity (Wildman–Crippen MR) is 110 cm³/mol. The van der Waals surface area contributed by atoms with Crippen LogP contribution in [0.5, 0.6) is 11.5 Å². The summed E-state index contributed by atoms with van der Waals surface area (Å²) in [7, 11) is -2.14. The van der Waals surface area contributed by atoms with Crippen LogP contribution in [0.2, 0.25) is 0 Å². The highest BCUT2D eigenvalue weighted by Crippen LogP contribution is 2.32. The SMILES string of the molecule is CC(NC(=O)c1cccc(S(=O)(=O)N(C)C(C)C)c1)c1ccc2c(c1)OCCO2. The number of carbonyl (C=O) groups is 1. The summed E-state index contributed by atoms with van der Waals surface area (Å²) in [5, 5.41) is 2.91. The van der Waals surface area contributed by atoms with Gasteiger partial charge in [0, 0.05) is 18.7 Å². The van der Waals surface area contributed by atoms with Crippen LogP contribution in [0.25, 0.3) is 0 Å². The van der Waals surface area contributed by atoms with Crippen molar-refractivity contribution in [3.05, 3.63) is 53.6 Å². The zero-order valence-corrected chi connectivity index (χ0v) is 17.8. The molecule has 0 bridgehead atoms. The molecule has 3 rings (SSSR count). The van der Waals surface area contributed by atoms with E-state index in [4.69, 9.17) is 9.47 Å². The number of fused-ring (bicyclic) bond motifs is 1. The second kappa shape index (κ2) is 8.42. The Morgan fingerprint density at radius 1 is 1.03 bits per heavy atom. The minimum absolute atomic E-state index is 0.0910. The lowest BCUT2D eigenvalue weighted by Crippen LogP contribution is -2.33. The molecule has 156 valence electrons. The Hall–Kier alpha value is -2.58. The second-order valence-corrected chi connectivity index (χ2v) is 9.24. The van der Waals surface area contributed by atoms with E-state index in [1.165, 1.54) is 23.5 Å². The third-order valence-electron chi connectivity index (χ3n) is 4.91. The molecule has 1 unspecified atom stereocenters. The number of carbonyl (C=O) groups excluding carboxylic acids is 1. The van der Waals surface area contributed by atoms with Gasteiger partial charge in [0.15, 0.2) is 11.5 Å². The van der Waals surface area contributed by atoms with Gasteiger partial charge in [-0.2, -0.15) is 4.31 Å². The monoisotopic (exact) mass is 418 g/mol. The van der Waals surface area contributed by atoms with E-state index in [0.29, 0.717) is 24.7 Å². The molecule has 1 atom stereocenters. The molecule has 0 saturated carbocycles. The summed E-state index contributed by atoms with van der Waals surface area (Å²) in [6.45, 7) is 6.45. The summed E-state index contributed by atoms with van der Waals surface area (Å²) < 4.78 is 37.8. The minimum atomic E-state index is -3.66. The highest BCUT2D eigenvalue weighted by atomic mass is 32.2. The van der Waals surface area contributed by atoms with E-state index >= 15 is 0 Å². The fraction of sp³-hybridized carbons (Fsp3) is 0.381. The molecular weight excluding hydrogens is 392 g/mol. The van der Waals surface area contributed by atoms with Crippen molar-refractivity contribution in [2.45, 2.75) is 37.8 Å². The molecule has 1 amide bonds. The number of amides is 1. The molecule has 0 aromatic heterocycles. The maximum atomic E-state index is 12.7. The van der Waals surface area contributed by atoms with Crippen LogP contribution in [0.4, 0.5) is 0 Å². The average Bonchev–Trinajstić information content (AvgIpc) is 2.72. The number of nitrogens with one attached hydrogen (secondary N) is 1. The molecule has 0 aliphatic carbocycles. The van der Waals surface area contributed by atoms with E-state index in [2.05, 4.69) is 5.32 Å². The van der Waals surface area contributed by atoms with E-state index in [1.807, 2.05) is 25.1 Å². The molecule has 1 aliphatic rings. The Kier molecular flexibility index (Phi) is 6.14. The smallest absolute Gasteiger partial charge is 0.251 e. The van der Waals surface area contributed by atoms with Crippen molar-refractivity contribution >= 4 is 15.9 Å². The van der Waals surface area contributed by atoms with Crippen LogP contribution in [0.1, 0.15) is 42.7 Å². The first-order valence-corrected chi connectivity index (χ1v) is 10.9. The summed E-state index contributed by atoms with van der Waals surface area (Å²) in [6.07, 6.45) is 0. The number of sulfonamides is 1. The van der Waals surface area contributed by atoms with Crippen LogP contribution >= 0.6 is 0 Å². The lowest BCUT2D eigenvalue weighted by molar-refractivity contribution is 0.0939. The van der Waals surface area contributed by atoms with Crippen LogP contribution in [0.3, 0.4) is 0 Å². The van der Waals surface area contributed by atoms with E-state index in [-0.39, 0.29) is 28.4 Å². The molecule has 1 N–H and O–H groups in total. The molecule has 29 heavy (non-hydrogen) atoms. The molecule has 2 aromatic rings. The number of nitrogens with zero attached hydrogens (tertiary/aromatic N) is 1. The molecule has 1 aliphatic heterocycles. The van der Waals surface area contributed by atoms with Gasteiger partial charge < -0.3 is 14.8 Å². The van der Waals surface area contributed by atoms with Gasteiger partial charge in [0.1, 0.15) is 13.2 Å². The first-order valence-electron chi connectivity index (χ1n) is 9.48. The van der Waals surface area contributed by atoms with Crippen LogP contribution in [-0.4, -0.2) is 44.9 Å². The van der Waals surface area contributed by atoms with Gasteiger partial charge in [-0.3, -0.25) is 4.79 Å². The first kappa shape index (κ1) is 21.1. The van der Waals surface area contributed by atoms with Crippen molar-refractivity contribution in [1.29, 1.82) is 0 Å². The van der Waals surface area contributed by atoms with Gasteiger partial charge in [0.05, 0.1) is 10.9 Å². The van der Waals surface area contributed by atoms with E-state index in [1.54, 1.807) is 26.0 Å². The van der Waals surface area contributed by atoms with E-state index in [9.17, 15) is 13.2 Å². The standard InChI is InChI=1S/C21H26N2O5S/c1-14(2)23(4)29(25,26)18-7-5-6-17(12-18)21(24)22-15(3)16-8-9-19-20(13-16)28-11-10-27-19/h5-9,12-15H,10-11H2,1-4H3,(H,22,24). The first-order chi connectivity index (χ1) is 13.7. The van der Waals surface area contributed by atoms with E-state index in [0.717, 1.165) is 5.56 Å². The highest BCUT2D eigenvalue weighted by Gasteiger charge is 2.24. The number of hydrogen-bond acceptors (Lipinski definition) is 5. The van der Waals surface area contributed by atoms with Gasteiger partial charge in [0.2, 0.25) is 10.0 Å². The minimum Gasteiger partial charge on any atom is -0.486 e. The van der Waals surface area contributed by atoms with Crippen molar-refractivity contribution in [3.63, 3.8) is 0 Å². The Bertz CT molecular complexity index is 1000. The molecule has 0 saturated heterocycles. The lowest BCUT2D eigenvalue weighted by Gasteiger charge is -2.22. The molecule has 8 heteroatoms. The van der Waals surface area contributed by atoms with Crippen LogP contribution < -0.4 is 14.8 Å². The summed E-state index contributed by atoms with van der Waals surface area (Å²) in [6, 6.07) is 11.1. The molecule has 1 heterocycles. The predicted octanol–water partition coefficient (Wildman–Crippen LogP) is 2.98. The third-order valence-corrected chi connectivity index (χ3v) is 6.94. The van der Waals surface area contributed by atoms with Gasteiger partial charge in [-0.05, 0) is 56.7 Å². The number of ether oxygens (including phenoxy) is 2. The Morgan fingerprint density at radius 2 is 1.72 bits per heavy atom. The van der Waals surface area contributed by atoms with Crippen molar-refractivity contribution in [3.8, 4) is 11.5 Å². The van der Waals surface area contributed by atoms with Crippen molar-refractivity contribution in [2.24, 2.45) is 0 Å². The maximum absolute atomic E-state index is 12.7. The van der Waals surface area contributed by atoms with Gasteiger partial charge in [-0.15, -0.1) is 0 Å². The van der Waals surface area contributed by atoms with E-state index < -0.39 is 10.0 Å². The molecular formula is C21H26N2O5S. The zero-order chi connectivity index (χ0) is 21.2. The van der Waals surface area contributed by atoms with Gasteiger partial charge >= 0.3 is 0 Å². The Balaban J connectivity index is 1.77. The fourth-order valence-electron chi connectivity index (χ4n) is 2.93. The number of hydrogen-bond donors (Lipinski definition) is 1. The number of rotatable bonds is 6. The highest BCUT2D eigenvalue weighted by molar-refractivity contribution is 7.89. The van der Waals surface area contributed by atoms with Crippen LogP contribution in [0, 0.1) is 0 Å². The van der Waals surface area contributed by atoms with Crippen molar-refractivity contribution in [2.75, 3.05) is 20.3 Å². The summed E-state index contributed by atoms with van der Waals surface area (Å²) in [4.78, 5) is 12.8. The Morgan fingerprint density at radius 3 is 2.41 bits per heavy atom. The van der Waals surface area contributed by atoms with Crippen molar-refractivity contribution in [1.82, 2.24) is 9.62 Å². The van der Waals surface area contributed by atoms with Gasteiger partial charge in [0.25, 0.3) is 5.91 Å². The molecule has 0 spiro atoms. The fourth-order valence-corrected chi connectivity index (χ4v) is 4.35. The van der Waals surface area contributed by atoms with Gasteiger partial charge in [-0.1, -0.05) is 12.1 Å². The van der Waals surface area contributed by atoms with Crippen LogP contribution in [-0.2, 0) is 10.0 Å². The molecule has 7 nitrogen and oxygen atoms in total. The lowest BCUT2D eigenvalue weighted by atomic mass is 10.1. The Labute approximate surface area is 171 Å². The van der Waals surface area contributed by atoms with Crippen LogP contribution in [0.15, 0.2) is 47.4 Å². The number of benzene rings is 2. The molecule has 0 fully saturated rings. The molecule has 2 aromatic carbocycles. The summed E-state index contributed by atoms with van der Waals surface area (Å²) >= 11 is 0. The second-order valence-electron chi connectivity index (χ2n) is 7.24. The third kappa shape index (κ3) is 4.54. The van der Waals surface area contributed by atoms with Crippen molar-refractivity contribution < 1.29 is 22.7 Å². The topological polar surface area (TPSA) is 84.9 Å². The average molecular weight is 419 g/mol. The largest absolute Gasteiger partial charge is 0.486 e. The molecule has 0 radical (unpaired) electrons. The maximum Gasteiger partial charge on any atom is 0.251 e. The summed E-state index contributed by atoms with van der Waals surface area (Å²) in [5.41, 5.74) is 1.15. The van der Waals surface area contributed by atoms with Gasteiger partial charge in [-0.25, -0.2) is 8.42 Å². The normalized spacial score (nSPS) is 14.7. The quantitative estimate of drug-likeness (QED) is 0.780.